The van der Waals surface area contributed by atoms with Crippen LogP contribution in [0.15, 0.2) is 0 Å². The van der Waals surface area contributed by atoms with E-state index in [1.807, 2.05) is 0 Å². The molecule has 100 valence electrons. The van der Waals surface area contributed by atoms with Crippen LogP contribution in [0.5, 0.6) is 0 Å². The molecule has 0 aromatic heterocycles. The summed E-state index contributed by atoms with van der Waals surface area (Å²) in [6.45, 7) is 13.0. The van der Waals surface area contributed by atoms with Crippen molar-refractivity contribution in [2.45, 2.75) is 70.7 Å². The van der Waals surface area contributed by atoms with Crippen molar-refractivity contribution in [3.8, 4) is 0 Å². The lowest BCUT2D eigenvalue weighted by Gasteiger charge is -2.43. The van der Waals surface area contributed by atoms with Crippen molar-refractivity contribution >= 4 is 20.9 Å². The second-order valence-corrected chi connectivity index (χ2v) is 10.9. The summed E-state index contributed by atoms with van der Waals surface area (Å²) in [5.41, 5.74) is 1.28. The first-order valence-corrected chi connectivity index (χ1v) is 8.53. The van der Waals surface area contributed by atoms with Crippen LogP contribution in [0.25, 0.3) is 0 Å². The fraction of sp³-hybridized carbons (Fsp3) is 0.846. The van der Waals surface area contributed by atoms with Crippen LogP contribution >= 0.6 is 0 Å². The van der Waals surface area contributed by atoms with Crippen molar-refractivity contribution in [3.05, 3.63) is 0 Å². The van der Waals surface area contributed by atoms with Gasteiger partial charge in [0, 0.05) is 6.42 Å². The maximum atomic E-state index is 11.0. The molecule has 3 nitrogen and oxygen atoms in total. The van der Waals surface area contributed by atoms with E-state index in [0.717, 1.165) is 12.6 Å². The molecule has 0 aromatic rings. The molecule has 0 aliphatic rings. The Kier molecular flexibility index (Phi) is 6.86. The Labute approximate surface area is 106 Å². The first-order valence-electron chi connectivity index (χ1n) is 6.39. The minimum atomic E-state index is -2.04. The molecule has 0 N–H and O–H groups in total. The van der Waals surface area contributed by atoms with Gasteiger partial charge in [0.15, 0.2) is 0 Å². The minimum absolute atomic E-state index is 0.171. The highest BCUT2D eigenvalue weighted by Crippen LogP contribution is 2.42. The first-order chi connectivity index (χ1) is 7.82. The summed E-state index contributed by atoms with van der Waals surface area (Å²) >= 11 is 0. The van der Waals surface area contributed by atoms with Gasteiger partial charge in [-0.3, -0.25) is 0 Å². The predicted octanol–water partition coefficient (Wildman–Crippen LogP) is 3.34. The van der Waals surface area contributed by atoms with Crippen molar-refractivity contribution in [1.29, 1.82) is 0 Å². The van der Waals surface area contributed by atoms with E-state index in [1.54, 1.807) is 0 Å². The first kappa shape index (κ1) is 16.5. The predicted molar refractivity (Wildman–Crippen MR) is 72.7 cm³/mol. The van der Waals surface area contributed by atoms with Crippen LogP contribution < -0.4 is 0 Å². The van der Waals surface area contributed by atoms with E-state index in [0.29, 0.717) is 16.6 Å². The molecule has 0 rings (SSSR count). The van der Waals surface area contributed by atoms with Crippen molar-refractivity contribution < 1.29 is 14.0 Å². The maximum Gasteiger partial charge on any atom is 0.201 e. The van der Waals surface area contributed by atoms with Crippen molar-refractivity contribution in [2.24, 2.45) is 0 Å². The Morgan fingerprint density at radius 1 is 0.941 bits per heavy atom. The van der Waals surface area contributed by atoms with E-state index in [4.69, 9.17) is 4.43 Å². The lowest BCUT2D eigenvalue weighted by Crippen LogP contribution is -2.50. The highest BCUT2D eigenvalue weighted by atomic mass is 28.4. The van der Waals surface area contributed by atoms with Gasteiger partial charge in [-0.1, -0.05) is 41.5 Å². The number of rotatable bonds is 8. The van der Waals surface area contributed by atoms with Gasteiger partial charge in [0.05, 0.1) is 0 Å². The van der Waals surface area contributed by atoms with Crippen molar-refractivity contribution in [3.63, 3.8) is 0 Å². The van der Waals surface area contributed by atoms with Crippen LogP contribution in [-0.4, -0.2) is 27.0 Å². The zero-order chi connectivity index (χ0) is 13.6. The fourth-order valence-corrected chi connectivity index (χ4v) is 8.39. The summed E-state index contributed by atoms with van der Waals surface area (Å²) in [6, 6.07) is 0. The highest BCUT2D eigenvalue weighted by molar-refractivity contribution is 6.77. The summed E-state index contributed by atoms with van der Waals surface area (Å²) in [6.07, 6.45) is 1.14. The van der Waals surface area contributed by atoms with Gasteiger partial charge in [-0.15, -0.1) is 0 Å². The summed E-state index contributed by atoms with van der Waals surface area (Å²) in [7, 11) is -2.04. The van der Waals surface area contributed by atoms with Crippen LogP contribution in [0.2, 0.25) is 16.6 Å². The van der Waals surface area contributed by atoms with E-state index >= 15 is 0 Å². The zero-order valence-electron chi connectivity index (χ0n) is 11.9. The third kappa shape index (κ3) is 3.74. The SMILES string of the molecule is CC(C)[Si](OC(C=O)CC=O)(C(C)C)C(C)C. The Morgan fingerprint density at radius 2 is 1.35 bits per heavy atom. The largest absolute Gasteiger partial charge is 0.406 e. The summed E-state index contributed by atoms with van der Waals surface area (Å²) in [5, 5.41) is 0. The van der Waals surface area contributed by atoms with Gasteiger partial charge < -0.3 is 14.0 Å². The quantitative estimate of drug-likeness (QED) is 0.495. The molecule has 0 saturated carbocycles. The number of carbonyl (C=O) groups is 2. The number of aldehydes is 2. The van der Waals surface area contributed by atoms with Crippen LogP contribution in [0, 0.1) is 0 Å². The van der Waals surface area contributed by atoms with Gasteiger partial charge in [-0.2, -0.15) is 0 Å². The molecule has 0 aliphatic heterocycles. The highest BCUT2D eigenvalue weighted by Gasteiger charge is 2.46. The molecular formula is C13H26O3Si. The van der Waals surface area contributed by atoms with Gasteiger partial charge >= 0.3 is 0 Å². The smallest absolute Gasteiger partial charge is 0.201 e. The number of carbonyl (C=O) groups excluding carboxylic acids is 2. The minimum Gasteiger partial charge on any atom is -0.406 e. The molecule has 1 unspecified atom stereocenters. The van der Waals surface area contributed by atoms with Crippen molar-refractivity contribution in [2.75, 3.05) is 0 Å². The summed E-state index contributed by atoms with van der Waals surface area (Å²) in [5.74, 6) is 0. The number of hydrogen-bond donors (Lipinski definition) is 0. The molecule has 0 heterocycles. The van der Waals surface area contributed by atoms with Crippen LogP contribution in [0.3, 0.4) is 0 Å². The van der Waals surface area contributed by atoms with E-state index in [2.05, 4.69) is 41.5 Å². The Balaban J connectivity index is 5.15. The molecule has 0 amide bonds. The third-order valence-corrected chi connectivity index (χ3v) is 9.67. The van der Waals surface area contributed by atoms with E-state index in [9.17, 15) is 9.59 Å². The number of hydrogen-bond acceptors (Lipinski definition) is 3. The maximum absolute atomic E-state index is 11.0. The molecule has 0 aromatic carbocycles. The summed E-state index contributed by atoms with van der Waals surface area (Å²) < 4.78 is 6.15. The molecule has 0 saturated heterocycles. The average Bonchev–Trinajstić information content (AvgIpc) is 2.22. The van der Waals surface area contributed by atoms with Gasteiger partial charge in [0.1, 0.15) is 18.7 Å². The fourth-order valence-electron chi connectivity index (χ4n) is 2.90. The lowest BCUT2D eigenvalue weighted by molar-refractivity contribution is -0.118. The molecule has 0 fully saturated rings. The Morgan fingerprint density at radius 3 is 1.59 bits per heavy atom. The second-order valence-electron chi connectivity index (χ2n) is 5.51. The second kappa shape index (κ2) is 7.06. The standard InChI is InChI=1S/C13H26O3Si/c1-10(2)17(11(3)4,12(5)6)16-13(9-15)7-8-14/h8-13H,7H2,1-6H3. The molecule has 0 radical (unpaired) electrons. The van der Waals surface area contributed by atoms with E-state index < -0.39 is 14.4 Å². The lowest BCUT2D eigenvalue weighted by atomic mass is 10.3. The monoisotopic (exact) mass is 258 g/mol. The van der Waals surface area contributed by atoms with Gasteiger partial charge in [-0.05, 0) is 16.6 Å². The molecule has 0 spiro atoms. The molecular weight excluding hydrogens is 232 g/mol. The molecule has 0 bridgehead atoms. The molecule has 1 atom stereocenters. The normalized spacial score (nSPS) is 14.4. The topological polar surface area (TPSA) is 43.4 Å². The zero-order valence-corrected chi connectivity index (χ0v) is 12.9. The Bertz CT molecular complexity index is 227. The van der Waals surface area contributed by atoms with E-state index in [-0.39, 0.29) is 6.42 Å². The average molecular weight is 258 g/mol. The van der Waals surface area contributed by atoms with Crippen LogP contribution in [0.4, 0.5) is 0 Å². The Hall–Kier alpha value is -0.483. The molecule has 17 heavy (non-hydrogen) atoms. The van der Waals surface area contributed by atoms with E-state index in [1.165, 1.54) is 0 Å². The van der Waals surface area contributed by atoms with Gasteiger partial charge in [0.2, 0.25) is 8.32 Å². The van der Waals surface area contributed by atoms with Crippen LogP contribution in [0.1, 0.15) is 48.0 Å². The van der Waals surface area contributed by atoms with Gasteiger partial charge in [-0.25, -0.2) is 0 Å². The van der Waals surface area contributed by atoms with Crippen molar-refractivity contribution in [1.82, 2.24) is 0 Å². The molecule has 4 heteroatoms. The third-order valence-electron chi connectivity index (χ3n) is 3.54. The summed E-state index contributed by atoms with van der Waals surface area (Å²) in [4.78, 5) is 21.5. The van der Waals surface area contributed by atoms with Crippen LogP contribution in [-0.2, 0) is 14.0 Å². The molecule has 0 aliphatic carbocycles. The van der Waals surface area contributed by atoms with Gasteiger partial charge in [0.25, 0.3) is 0 Å².